The summed E-state index contributed by atoms with van der Waals surface area (Å²) in [6.07, 6.45) is 2.57. The molecule has 1 aromatic rings. The van der Waals surface area contributed by atoms with Crippen molar-refractivity contribution in [3.63, 3.8) is 0 Å². The summed E-state index contributed by atoms with van der Waals surface area (Å²) in [5.41, 5.74) is 6.31. The quantitative estimate of drug-likeness (QED) is 0.363. The van der Waals surface area contributed by atoms with Gasteiger partial charge in [-0.3, -0.25) is 0 Å². The van der Waals surface area contributed by atoms with Gasteiger partial charge in [-0.2, -0.15) is 0 Å². The number of thioether (sulfide) groups is 1. The van der Waals surface area contributed by atoms with Crippen molar-refractivity contribution in [1.82, 2.24) is 0 Å². The average Bonchev–Trinajstić information content (AvgIpc) is 3.01. The van der Waals surface area contributed by atoms with Crippen LogP contribution >= 0.6 is 11.8 Å². The van der Waals surface area contributed by atoms with Crippen molar-refractivity contribution in [2.45, 2.75) is 17.7 Å². The van der Waals surface area contributed by atoms with Crippen LogP contribution in [0.5, 0.6) is 0 Å². The topological polar surface area (TPSA) is 35.2 Å². The molecule has 0 saturated heterocycles. The summed E-state index contributed by atoms with van der Waals surface area (Å²) in [6, 6.07) is 4.39. The van der Waals surface area contributed by atoms with E-state index in [4.69, 9.17) is 10.5 Å². The van der Waals surface area contributed by atoms with Gasteiger partial charge in [0, 0.05) is 10.6 Å². The second-order valence-corrected chi connectivity index (χ2v) is 4.72. The lowest BCUT2D eigenvalue weighted by molar-refractivity contribution is 0.171. The Morgan fingerprint density at radius 1 is 1.47 bits per heavy atom. The van der Waals surface area contributed by atoms with Crippen LogP contribution in [0.1, 0.15) is 12.8 Å². The van der Waals surface area contributed by atoms with Crippen molar-refractivity contribution >= 4 is 17.4 Å². The van der Waals surface area contributed by atoms with E-state index in [0.29, 0.717) is 11.6 Å². The molecule has 0 unspecified atom stereocenters. The zero-order chi connectivity index (χ0) is 10.7. The Morgan fingerprint density at radius 2 is 2.27 bits per heavy atom. The summed E-state index contributed by atoms with van der Waals surface area (Å²) in [6.45, 7) is 0.822. The van der Waals surface area contributed by atoms with Gasteiger partial charge in [0.1, 0.15) is 5.82 Å². The van der Waals surface area contributed by atoms with Gasteiger partial charge in [-0.15, -0.1) is 0 Å². The maximum Gasteiger partial charge on any atom is 0.124 e. The molecule has 15 heavy (non-hydrogen) atoms. The number of nitrogen functional groups attached to an aromatic ring is 1. The van der Waals surface area contributed by atoms with Gasteiger partial charge in [0.15, 0.2) is 0 Å². The Kier molecular flexibility index (Phi) is 3.49. The maximum atomic E-state index is 12.9. The minimum Gasteiger partial charge on any atom is -0.398 e. The summed E-state index contributed by atoms with van der Waals surface area (Å²) in [5, 5.41) is 0. The van der Waals surface area contributed by atoms with E-state index in [9.17, 15) is 4.39 Å². The highest BCUT2D eigenvalue weighted by Gasteiger charge is 2.20. The van der Waals surface area contributed by atoms with E-state index in [1.54, 1.807) is 6.07 Å². The highest BCUT2D eigenvalue weighted by molar-refractivity contribution is 7.99. The van der Waals surface area contributed by atoms with Crippen LogP contribution in [0.2, 0.25) is 0 Å². The van der Waals surface area contributed by atoms with Crippen LogP contribution in [0.25, 0.3) is 0 Å². The lowest BCUT2D eigenvalue weighted by Crippen LogP contribution is -1.96. The molecule has 0 atom stereocenters. The summed E-state index contributed by atoms with van der Waals surface area (Å²) in [7, 11) is 0. The Hall–Kier alpha value is -0.740. The molecule has 1 aliphatic carbocycles. The molecule has 2 N–H and O–H groups in total. The second kappa shape index (κ2) is 4.86. The molecule has 0 amide bonds. The Morgan fingerprint density at radius 3 is 3.00 bits per heavy atom. The first-order valence-electron chi connectivity index (χ1n) is 5.01. The largest absolute Gasteiger partial charge is 0.398 e. The van der Waals surface area contributed by atoms with Gasteiger partial charge in [0.2, 0.25) is 0 Å². The van der Waals surface area contributed by atoms with Crippen LogP contribution in [-0.4, -0.2) is 12.5 Å². The predicted molar refractivity (Wildman–Crippen MR) is 60.2 cm³/mol. The molecule has 2 nitrogen and oxygen atoms in total. The van der Waals surface area contributed by atoms with Gasteiger partial charge in [0.05, 0.1) is 12.5 Å². The van der Waals surface area contributed by atoms with E-state index < -0.39 is 0 Å². The first-order chi connectivity index (χ1) is 7.25. The highest BCUT2D eigenvalue weighted by atomic mass is 32.2. The van der Waals surface area contributed by atoms with Crippen molar-refractivity contribution in [1.29, 1.82) is 0 Å². The van der Waals surface area contributed by atoms with Crippen LogP contribution in [0.3, 0.4) is 0 Å². The van der Waals surface area contributed by atoms with Gasteiger partial charge in [0.25, 0.3) is 0 Å². The Bertz CT molecular complexity index is 341. The van der Waals surface area contributed by atoms with Crippen molar-refractivity contribution < 1.29 is 9.13 Å². The van der Waals surface area contributed by atoms with Gasteiger partial charge < -0.3 is 10.5 Å². The van der Waals surface area contributed by atoms with E-state index in [-0.39, 0.29) is 5.82 Å². The first-order valence-corrected chi connectivity index (χ1v) is 6.00. The van der Waals surface area contributed by atoms with Crippen molar-refractivity contribution in [2.24, 2.45) is 5.92 Å². The third kappa shape index (κ3) is 3.39. The van der Waals surface area contributed by atoms with Crippen LogP contribution in [-0.2, 0) is 4.74 Å². The van der Waals surface area contributed by atoms with Crippen LogP contribution in [0, 0.1) is 11.7 Å². The third-order valence-corrected chi connectivity index (χ3v) is 3.27. The van der Waals surface area contributed by atoms with Crippen molar-refractivity contribution in [2.75, 3.05) is 18.3 Å². The molecular weight excluding hydrogens is 213 g/mol. The average molecular weight is 227 g/mol. The third-order valence-electron chi connectivity index (χ3n) is 2.32. The fourth-order valence-electron chi connectivity index (χ4n) is 1.24. The maximum absolute atomic E-state index is 12.9. The molecular formula is C11H14FNOS. The molecule has 0 aliphatic heterocycles. The van der Waals surface area contributed by atoms with Crippen LogP contribution in [0.4, 0.5) is 10.1 Å². The Balaban J connectivity index is 1.78. The first kappa shape index (κ1) is 10.8. The summed E-state index contributed by atoms with van der Waals surface area (Å²) in [5.74, 6) is 1.05. The normalized spacial score (nSPS) is 15.5. The van der Waals surface area contributed by atoms with Gasteiger partial charge >= 0.3 is 0 Å². The standard InChI is InChI=1S/C11H14FNOS/c12-9-3-4-10(13)11(5-9)15-7-14-6-8-1-2-8/h3-5,8H,1-2,6-7,13H2. The zero-order valence-electron chi connectivity index (χ0n) is 8.41. The smallest absolute Gasteiger partial charge is 0.124 e. The summed E-state index contributed by atoms with van der Waals surface area (Å²) < 4.78 is 18.3. The zero-order valence-corrected chi connectivity index (χ0v) is 9.23. The lowest BCUT2D eigenvalue weighted by Gasteiger charge is -2.05. The van der Waals surface area contributed by atoms with Gasteiger partial charge in [-0.1, -0.05) is 11.8 Å². The van der Waals surface area contributed by atoms with E-state index >= 15 is 0 Å². The molecule has 0 heterocycles. The molecule has 0 aromatic heterocycles. The molecule has 1 fully saturated rings. The van der Waals surface area contributed by atoms with E-state index in [1.807, 2.05) is 0 Å². The summed E-state index contributed by atoms with van der Waals surface area (Å²) in [4.78, 5) is 0.755. The molecule has 0 bridgehead atoms. The number of anilines is 1. The fourth-order valence-corrected chi connectivity index (χ4v) is 1.97. The second-order valence-electron chi connectivity index (χ2n) is 3.76. The molecule has 0 spiro atoms. The minimum absolute atomic E-state index is 0.256. The monoisotopic (exact) mass is 227 g/mol. The van der Waals surface area contributed by atoms with Gasteiger partial charge in [-0.25, -0.2) is 4.39 Å². The molecule has 1 aliphatic rings. The predicted octanol–water partition coefficient (Wildman–Crippen LogP) is 2.88. The van der Waals surface area contributed by atoms with Gasteiger partial charge in [-0.05, 0) is 37.0 Å². The number of nitrogens with two attached hydrogens (primary N) is 1. The summed E-state index contributed by atoms with van der Waals surface area (Å²) >= 11 is 1.44. The van der Waals surface area contributed by atoms with E-state index in [1.165, 1.54) is 36.7 Å². The molecule has 2 rings (SSSR count). The Labute approximate surface area is 93.0 Å². The molecule has 1 aromatic carbocycles. The van der Waals surface area contributed by atoms with Crippen molar-refractivity contribution in [3.8, 4) is 0 Å². The van der Waals surface area contributed by atoms with Crippen LogP contribution < -0.4 is 5.73 Å². The molecule has 0 radical (unpaired) electrons. The van der Waals surface area contributed by atoms with Crippen molar-refractivity contribution in [3.05, 3.63) is 24.0 Å². The number of benzene rings is 1. The minimum atomic E-state index is -0.256. The van der Waals surface area contributed by atoms with E-state index in [0.717, 1.165) is 17.4 Å². The lowest BCUT2D eigenvalue weighted by atomic mass is 10.3. The van der Waals surface area contributed by atoms with Crippen LogP contribution in [0.15, 0.2) is 23.1 Å². The molecule has 1 saturated carbocycles. The molecule has 82 valence electrons. The number of ether oxygens (including phenoxy) is 1. The number of hydrogen-bond acceptors (Lipinski definition) is 3. The SMILES string of the molecule is Nc1ccc(F)cc1SCOCC1CC1. The molecule has 4 heteroatoms. The number of halogens is 1. The highest BCUT2D eigenvalue weighted by Crippen LogP contribution is 2.30. The number of hydrogen-bond donors (Lipinski definition) is 1. The van der Waals surface area contributed by atoms with E-state index in [2.05, 4.69) is 0 Å². The number of rotatable bonds is 5. The fraction of sp³-hybridized carbons (Fsp3) is 0.455.